The first-order chi connectivity index (χ1) is 8.65. The van der Waals surface area contributed by atoms with Crippen LogP contribution in [-0.4, -0.2) is 11.4 Å². The van der Waals surface area contributed by atoms with Gasteiger partial charge in [-0.25, -0.2) is 0 Å². The molecule has 0 amide bonds. The molecule has 2 aromatic rings. The number of nitrogens with two attached hydrogens (primary N) is 1. The van der Waals surface area contributed by atoms with Crippen LogP contribution in [0.25, 0.3) is 0 Å². The van der Waals surface area contributed by atoms with Gasteiger partial charge in [-0.05, 0) is 17.7 Å². The maximum absolute atomic E-state index is 9.85. The van der Waals surface area contributed by atoms with Crippen LogP contribution < -0.4 is 10.5 Å². The molecule has 3 nitrogen and oxygen atoms in total. The minimum Gasteiger partial charge on any atom is -0.463 e. The number of hydrogen-bond acceptors (Lipinski definition) is 3. The molecule has 3 N–H and O–H groups in total. The zero-order chi connectivity index (χ0) is 13.0. The van der Waals surface area contributed by atoms with Gasteiger partial charge in [-0.1, -0.05) is 41.9 Å². The Labute approximate surface area is 111 Å². The van der Waals surface area contributed by atoms with E-state index < -0.39 is 6.29 Å². The summed E-state index contributed by atoms with van der Waals surface area (Å²) in [6, 6.07) is 14.5. The predicted octanol–water partition coefficient (Wildman–Crippen LogP) is 2.86. The summed E-state index contributed by atoms with van der Waals surface area (Å²) in [5.41, 5.74) is 7.17. The Bertz CT molecular complexity index is 516. The molecule has 1 unspecified atom stereocenters. The largest absolute Gasteiger partial charge is 0.463 e. The van der Waals surface area contributed by atoms with E-state index in [-0.39, 0.29) is 0 Å². The highest BCUT2D eigenvalue weighted by Crippen LogP contribution is 2.27. The summed E-state index contributed by atoms with van der Waals surface area (Å²) in [5.74, 6) is 0.389. The smallest absolute Gasteiger partial charge is 0.201 e. The van der Waals surface area contributed by atoms with Crippen LogP contribution in [0.5, 0.6) is 5.75 Å². The van der Waals surface area contributed by atoms with Gasteiger partial charge in [0, 0.05) is 18.2 Å². The van der Waals surface area contributed by atoms with Crippen LogP contribution in [0.3, 0.4) is 0 Å². The fraction of sp³-hybridized carbons (Fsp3) is 0.143. The lowest BCUT2D eigenvalue weighted by molar-refractivity contribution is -0.0157. The number of ether oxygens (including phenoxy) is 1. The fourth-order valence-electron chi connectivity index (χ4n) is 1.61. The third kappa shape index (κ3) is 3.39. The molecule has 94 valence electrons. The highest BCUT2D eigenvalue weighted by atomic mass is 35.5. The number of aliphatic hydroxyl groups is 1. The van der Waals surface area contributed by atoms with Crippen molar-refractivity contribution in [3.63, 3.8) is 0 Å². The molecule has 0 saturated carbocycles. The van der Waals surface area contributed by atoms with Crippen molar-refractivity contribution in [2.75, 3.05) is 5.73 Å². The van der Waals surface area contributed by atoms with E-state index >= 15 is 0 Å². The molecule has 2 aromatic carbocycles. The lowest BCUT2D eigenvalue weighted by Crippen LogP contribution is -2.18. The van der Waals surface area contributed by atoms with Gasteiger partial charge in [0.05, 0.1) is 5.02 Å². The van der Waals surface area contributed by atoms with Crippen molar-refractivity contribution in [1.29, 1.82) is 0 Å². The third-order valence-corrected chi connectivity index (χ3v) is 2.78. The molecule has 0 saturated heterocycles. The molecule has 18 heavy (non-hydrogen) atoms. The van der Waals surface area contributed by atoms with Crippen LogP contribution in [0.4, 0.5) is 5.69 Å². The number of aliphatic hydroxyl groups excluding tert-OH is 1. The maximum Gasteiger partial charge on any atom is 0.201 e. The Morgan fingerprint density at radius 3 is 2.61 bits per heavy atom. The van der Waals surface area contributed by atoms with Gasteiger partial charge in [0.15, 0.2) is 0 Å². The Hall–Kier alpha value is -1.71. The monoisotopic (exact) mass is 263 g/mol. The van der Waals surface area contributed by atoms with Crippen molar-refractivity contribution in [1.82, 2.24) is 0 Å². The molecule has 0 aromatic heterocycles. The molecule has 4 heteroatoms. The van der Waals surface area contributed by atoms with E-state index in [1.54, 1.807) is 18.2 Å². The zero-order valence-electron chi connectivity index (χ0n) is 9.71. The van der Waals surface area contributed by atoms with Crippen molar-refractivity contribution in [3.05, 3.63) is 59.1 Å². The summed E-state index contributed by atoms with van der Waals surface area (Å²) in [7, 11) is 0. The molecule has 1 atom stereocenters. The normalized spacial score (nSPS) is 12.1. The van der Waals surface area contributed by atoms with E-state index in [0.717, 1.165) is 5.56 Å². The molecule has 0 spiro atoms. The second kappa shape index (κ2) is 5.76. The van der Waals surface area contributed by atoms with E-state index in [0.29, 0.717) is 22.9 Å². The number of hydrogen-bond donors (Lipinski definition) is 2. The van der Waals surface area contributed by atoms with Crippen molar-refractivity contribution in [2.24, 2.45) is 0 Å². The van der Waals surface area contributed by atoms with E-state index in [9.17, 15) is 5.11 Å². The van der Waals surface area contributed by atoms with E-state index in [1.807, 2.05) is 30.3 Å². The zero-order valence-corrected chi connectivity index (χ0v) is 10.5. The number of rotatable bonds is 4. The Morgan fingerprint density at radius 1 is 1.17 bits per heavy atom. The van der Waals surface area contributed by atoms with E-state index in [2.05, 4.69) is 0 Å². The first-order valence-electron chi connectivity index (χ1n) is 5.59. The molecule has 2 rings (SSSR count). The SMILES string of the molecule is Nc1ccc(Cl)c(OC(O)Cc2ccccc2)c1. The van der Waals surface area contributed by atoms with Crippen molar-refractivity contribution in [3.8, 4) is 5.75 Å². The van der Waals surface area contributed by atoms with Gasteiger partial charge in [-0.15, -0.1) is 0 Å². The molecular weight excluding hydrogens is 250 g/mol. The van der Waals surface area contributed by atoms with Gasteiger partial charge in [0.1, 0.15) is 5.75 Å². The molecule has 0 aliphatic heterocycles. The average molecular weight is 264 g/mol. The van der Waals surface area contributed by atoms with Crippen LogP contribution in [0.1, 0.15) is 5.56 Å². The number of benzene rings is 2. The quantitative estimate of drug-likeness (QED) is 0.659. The molecule has 0 radical (unpaired) electrons. The van der Waals surface area contributed by atoms with Gasteiger partial charge in [0.2, 0.25) is 6.29 Å². The molecule has 0 aliphatic carbocycles. The minimum absolute atomic E-state index is 0.389. The summed E-state index contributed by atoms with van der Waals surface area (Å²) < 4.78 is 5.37. The Balaban J connectivity index is 2.03. The fourth-order valence-corrected chi connectivity index (χ4v) is 1.78. The second-order valence-corrected chi connectivity index (χ2v) is 4.36. The van der Waals surface area contributed by atoms with Gasteiger partial charge in [-0.2, -0.15) is 0 Å². The van der Waals surface area contributed by atoms with Gasteiger partial charge in [0.25, 0.3) is 0 Å². The summed E-state index contributed by atoms with van der Waals surface area (Å²) >= 11 is 5.95. The van der Waals surface area contributed by atoms with Crippen molar-refractivity contribution >= 4 is 17.3 Å². The highest BCUT2D eigenvalue weighted by molar-refractivity contribution is 6.32. The first-order valence-corrected chi connectivity index (χ1v) is 5.96. The maximum atomic E-state index is 9.85. The van der Waals surface area contributed by atoms with Crippen LogP contribution in [0.15, 0.2) is 48.5 Å². The summed E-state index contributed by atoms with van der Waals surface area (Å²) in [4.78, 5) is 0. The van der Waals surface area contributed by atoms with Crippen molar-refractivity contribution < 1.29 is 9.84 Å². The number of halogens is 1. The summed E-state index contributed by atoms with van der Waals surface area (Å²) in [6.07, 6.45) is -0.557. The van der Waals surface area contributed by atoms with Crippen molar-refractivity contribution in [2.45, 2.75) is 12.7 Å². The van der Waals surface area contributed by atoms with E-state index in [4.69, 9.17) is 22.1 Å². The number of nitrogen functional groups attached to an aromatic ring is 1. The Morgan fingerprint density at radius 2 is 1.89 bits per heavy atom. The second-order valence-electron chi connectivity index (χ2n) is 3.95. The minimum atomic E-state index is -0.952. The molecule has 0 fully saturated rings. The summed E-state index contributed by atoms with van der Waals surface area (Å²) in [5, 5.41) is 10.3. The van der Waals surface area contributed by atoms with Gasteiger partial charge in [-0.3, -0.25) is 0 Å². The third-order valence-electron chi connectivity index (χ3n) is 2.47. The standard InChI is InChI=1S/C14H14ClNO2/c15-12-7-6-11(16)9-13(12)18-14(17)8-10-4-2-1-3-5-10/h1-7,9,14,17H,8,16H2. The van der Waals surface area contributed by atoms with Crippen LogP contribution >= 0.6 is 11.6 Å². The lowest BCUT2D eigenvalue weighted by Gasteiger charge is -2.15. The average Bonchev–Trinajstić information content (AvgIpc) is 2.35. The molecule has 0 heterocycles. The van der Waals surface area contributed by atoms with E-state index in [1.165, 1.54) is 0 Å². The van der Waals surface area contributed by atoms with Crippen LogP contribution in [-0.2, 0) is 6.42 Å². The first kappa shape index (κ1) is 12.7. The molecular formula is C14H14ClNO2. The molecule has 0 bridgehead atoms. The summed E-state index contributed by atoms with van der Waals surface area (Å²) in [6.45, 7) is 0. The van der Waals surface area contributed by atoms with Gasteiger partial charge < -0.3 is 15.6 Å². The number of anilines is 1. The predicted molar refractivity (Wildman–Crippen MR) is 72.6 cm³/mol. The highest BCUT2D eigenvalue weighted by Gasteiger charge is 2.10. The van der Waals surface area contributed by atoms with Crippen LogP contribution in [0.2, 0.25) is 5.02 Å². The molecule has 0 aliphatic rings. The van der Waals surface area contributed by atoms with Crippen LogP contribution in [0, 0.1) is 0 Å². The topological polar surface area (TPSA) is 55.5 Å². The van der Waals surface area contributed by atoms with Gasteiger partial charge >= 0.3 is 0 Å². The lowest BCUT2D eigenvalue weighted by atomic mass is 10.1. The Kier molecular flexibility index (Phi) is 4.07.